The zero-order valence-corrected chi connectivity index (χ0v) is 20.5. The highest BCUT2D eigenvalue weighted by Crippen LogP contribution is 2.44. The second kappa shape index (κ2) is 8.95. The molecular weight excluding hydrogens is 483 g/mol. The fraction of sp³-hybridized carbons (Fsp3) is 0.333. The number of fused-ring (bicyclic) bond motifs is 1. The Kier molecular flexibility index (Phi) is 5.71. The van der Waals surface area contributed by atoms with E-state index in [0.717, 1.165) is 41.1 Å². The summed E-state index contributed by atoms with van der Waals surface area (Å²) in [6, 6.07) is 7.65. The standard InChI is InChI=1S/C27H26F3N5O2/c1-16-11-34(15-31-16)22-4-3-17(6-24(22)36-2)5-19-9-27(13-37-14-27)12-35-23(10-32-33-26(19)35)18-7-20(28)25(30)21(29)8-18/h3-8,11,15,23,32H,9-10,12-14H2,1-2H3/b19-5+. The van der Waals surface area contributed by atoms with E-state index in [9.17, 15) is 13.2 Å². The highest BCUT2D eigenvalue weighted by molar-refractivity contribution is 6.03. The number of piperidine rings is 1. The van der Waals surface area contributed by atoms with Gasteiger partial charge in [-0.15, -0.1) is 0 Å². The summed E-state index contributed by atoms with van der Waals surface area (Å²) in [4.78, 5) is 6.35. The first-order chi connectivity index (χ1) is 17.9. The quantitative estimate of drug-likeness (QED) is 0.530. The van der Waals surface area contributed by atoms with E-state index in [1.165, 1.54) is 0 Å². The van der Waals surface area contributed by atoms with Crippen LogP contribution in [0.4, 0.5) is 13.2 Å². The van der Waals surface area contributed by atoms with Gasteiger partial charge >= 0.3 is 0 Å². The smallest absolute Gasteiger partial charge is 0.194 e. The Balaban J connectivity index is 1.38. The second-order valence-corrected chi connectivity index (χ2v) is 9.93. The normalized spacial score (nSPS) is 21.3. The number of ether oxygens (including phenoxy) is 2. The van der Waals surface area contributed by atoms with Crippen molar-refractivity contribution in [3.05, 3.63) is 82.7 Å². The van der Waals surface area contributed by atoms with Gasteiger partial charge in [-0.05, 0) is 60.4 Å². The van der Waals surface area contributed by atoms with E-state index in [1.807, 2.05) is 35.9 Å². The second-order valence-electron chi connectivity index (χ2n) is 9.93. The Labute approximate surface area is 212 Å². The first-order valence-electron chi connectivity index (χ1n) is 12.1. The molecule has 2 aromatic carbocycles. The first-order valence-corrected chi connectivity index (χ1v) is 12.1. The van der Waals surface area contributed by atoms with Gasteiger partial charge in [-0.3, -0.25) is 0 Å². The minimum Gasteiger partial charge on any atom is -0.495 e. The third kappa shape index (κ3) is 4.15. The molecule has 1 aromatic heterocycles. The summed E-state index contributed by atoms with van der Waals surface area (Å²) in [5.74, 6) is -2.47. The number of aromatic nitrogens is 2. The average molecular weight is 510 g/mol. The van der Waals surface area contributed by atoms with Crippen LogP contribution < -0.4 is 10.2 Å². The lowest BCUT2D eigenvalue weighted by Crippen LogP contribution is -2.59. The van der Waals surface area contributed by atoms with E-state index < -0.39 is 23.5 Å². The summed E-state index contributed by atoms with van der Waals surface area (Å²) >= 11 is 0. The number of methoxy groups -OCH3 is 1. The molecule has 1 unspecified atom stereocenters. The summed E-state index contributed by atoms with van der Waals surface area (Å²) in [6.45, 7) is 4.06. The van der Waals surface area contributed by atoms with Crippen LogP contribution in [0.1, 0.15) is 29.3 Å². The molecule has 7 nitrogen and oxygen atoms in total. The molecule has 2 saturated heterocycles. The lowest BCUT2D eigenvalue weighted by molar-refractivity contribution is -0.126. The number of imidazole rings is 1. The largest absolute Gasteiger partial charge is 0.495 e. The van der Waals surface area contributed by atoms with Crippen molar-refractivity contribution in [2.45, 2.75) is 19.4 Å². The first kappa shape index (κ1) is 23.6. The van der Waals surface area contributed by atoms with Crippen LogP contribution in [0.15, 0.2) is 53.5 Å². The highest BCUT2D eigenvalue weighted by atomic mass is 19.2. The van der Waals surface area contributed by atoms with E-state index in [1.54, 1.807) is 13.4 Å². The number of hydrogen-bond donors (Lipinski definition) is 1. The maximum absolute atomic E-state index is 14.1. The van der Waals surface area contributed by atoms with Gasteiger partial charge in [0, 0.05) is 18.2 Å². The number of rotatable bonds is 4. The molecule has 192 valence electrons. The van der Waals surface area contributed by atoms with Crippen molar-refractivity contribution in [3.8, 4) is 11.4 Å². The van der Waals surface area contributed by atoms with Gasteiger partial charge < -0.3 is 24.4 Å². The molecule has 1 spiro atoms. The Morgan fingerprint density at radius 3 is 2.59 bits per heavy atom. The molecule has 3 aliphatic heterocycles. The molecule has 0 radical (unpaired) electrons. The molecule has 3 aliphatic rings. The predicted molar refractivity (Wildman–Crippen MR) is 132 cm³/mol. The molecule has 0 amide bonds. The Hall–Kier alpha value is -3.79. The summed E-state index contributed by atoms with van der Waals surface area (Å²) < 4.78 is 55.0. The molecule has 1 atom stereocenters. The maximum Gasteiger partial charge on any atom is 0.194 e. The van der Waals surface area contributed by atoms with Gasteiger partial charge in [0.25, 0.3) is 0 Å². The summed E-state index contributed by atoms with van der Waals surface area (Å²) in [5.41, 5.74) is 6.92. The van der Waals surface area contributed by atoms with Gasteiger partial charge in [0.2, 0.25) is 0 Å². The Morgan fingerprint density at radius 1 is 1.16 bits per heavy atom. The van der Waals surface area contributed by atoms with Crippen molar-refractivity contribution in [2.75, 3.05) is 33.4 Å². The molecular formula is C27H26F3N5O2. The van der Waals surface area contributed by atoms with Crippen LogP contribution in [0.5, 0.6) is 5.75 Å². The lowest BCUT2D eigenvalue weighted by Gasteiger charge is -2.53. The molecule has 37 heavy (non-hydrogen) atoms. The molecule has 0 aliphatic carbocycles. The van der Waals surface area contributed by atoms with Crippen molar-refractivity contribution in [3.63, 3.8) is 0 Å². The van der Waals surface area contributed by atoms with E-state index in [4.69, 9.17) is 9.47 Å². The number of benzene rings is 2. The monoisotopic (exact) mass is 509 g/mol. The molecule has 10 heteroatoms. The van der Waals surface area contributed by atoms with Gasteiger partial charge in [-0.1, -0.05) is 6.07 Å². The van der Waals surface area contributed by atoms with Crippen molar-refractivity contribution in [1.29, 1.82) is 0 Å². The third-order valence-electron chi connectivity index (χ3n) is 7.22. The van der Waals surface area contributed by atoms with Gasteiger partial charge in [-0.2, -0.15) is 5.10 Å². The Bertz CT molecular complexity index is 1410. The minimum absolute atomic E-state index is 0.129. The molecule has 6 rings (SSSR count). The van der Waals surface area contributed by atoms with Crippen LogP contribution >= 0.6 is 0 Å². The number of nitrogens with zero attached hydrogens (tertiary/aromatic N) is 4. The fourth-order valence-corrected chi connectivity index (χ4v) is 5.39. The van der Waals surface area contributed by atoms with Gasteiger partial charge in [-0.25, -0.2) is 18.2 Å². The van der Waals surface area contributed by atoms with Crippen molar-refractivity contribution >= 4 is 11.9 Å². The number of halogens is 3. The summed E-state index contributed by atoms with van der Waals surface area (Å²) in [5, 5.41) is 4.58. The van der Waals surface area contributed by atoms with E-state index in [2.05, 4.69) is 26.5 Å². The zero-order valence-electron chi connectivity index (χ0n) is 20.5. The minimum atomic E-state index is -1.47. The molecule has 0 saturated carbocycles. The SMILES string of the molecule is COc1cc(/C=C2\CC3(COC3)CN3C2=NNCC3c2cc(F)c(F)c(F)c2)ccc1-n1cnc(C)c1. The van der Waals surface area contributed by atoms with Gasteiger partial charge in [0.1, 0.15) is 5.75 Å². The molecule has 1 N–H and O–H groups in total. The predicted octanol–water partition coefficient (Wildman–Crippen LogP) is 4.37. The number of hydrogen-bond acceptors (Lipinski definition) is 6. The fourth-order valence-electron chi connectivity index (χ4n) is 5.39. The van der Waals surface area contributed by atoms with Crippen LogP contribution in [0, 0.1) is 29.8 Å². The van der Waals surface area contributed by atoms with E-state index in [-0.39, 0.29) is 5.41 Å². The van der Waals surface area contributed by atoms with Crippen LogP contribution in [-0.4, -0.2) is 53.7 Å². The maximum atomic E-state index is 14.1. The summed E-state index contributed by atoms with van der Waals surface area (Å²) in [6.07, 6.45) is 6.48. The van der Waals surface area contributed by atoms with Crippen LogP contribution in [0.3, 0.4) is 0 Å². The van der Waals surface area contributed by atoms with Crippen molar-refractivity contribution < 1.29 is 22.6 Å². The molecule has 0 bridgehead atoms. The molecule has 3 aromatic rings. The lowest BCUT2D eigenvalue weighted by atomic mass is 9.74. The van der Waals surface area contributed by atoms with E-state index in [0.29, 0.717) is 43.5 Å². The number of aryl methyl sites for hydroxylation is 1. The molecule has 2 fully saturated rings. The van der Waals surface area contributed by atoms with Crippen LogP contribution in [0.2, 0.25) is 0 Å². The zero-order chi connectivity index (χ0) is 25.7. The van der Waals surface area contributed by atoms with Gasteiger partial charge in [0.05, 0.1) is 50.6 Å². The Morgan fingerprint density at radius 2 is 1.95 bits per heavy atom. The number of nitrogens with one attached hydrogen (secondary N) is 1. The number of hydrazone groups is 1. The molecule has 4 heterocycles. The van der Waals surface area contributed by atoms with E-state index >= 15 is 0 Å². The highest BCUT2D eigenvalue weighted by Gasteiger charge is 2.48. The topological polar surface area (TPSA) is 63.9 Å². The number of amidine groups is 1. The summed E-state index contributed by atoms with van der Waals surface area (Å²) in [7, 11) is 1.63. The average Bonchev–Trinajstić information content (AvgIpc) is 3.31. The third-order valence-corrected chi connectivity index (χ3v) is 7.22. The van der Waals surface area contributed by atoms with Gasteiger partial charge in [0.15, 0.2) is 23.3 Å². The van der Waals surface area contributed by atoms with Crippen LogP contribution in [0.25, 0.3) is 11.8 Å². The van der Waals surface area contributed by atoms with Crippen molar-refractivity contribution in [1.82, 2.24) is 19.9 Å². The van der Waals surface area contributed by atoms with Crippen LogP contribution in [-0.2, 0) is 4.74 Å². The van der Waals surface area contributed by atoms with Crippen molar-refractivity contribution in [2.24, 2.45) is 10.5 Å².